The number of nitrogens with zero attached hydrogens (tertiary/aromatic N) is 2. The van der Waals surface area contributed by atoms with Gasteiger partial charge in [0, 0.05) is 12.0 Å². The predicted molar refractivity (Wildman–Crippen MR) is 85.9 cm³/mol. The highest BCUT2D eigenvalue weighted by Crippen LogP contribution is 2.29. The molecule has 0 fully saturated rings. The van der Waals surface area contributed by atoms with Gasteiger partial charge in [-0.05, 0) is 24.6 Å². The van der Waals surface area contributed by atoms with Crippen LogP contribution in [0.2, 0.25) is 0 Å². The van der Waals surface area contributed by atoms with Gasteiger partial charge in [0.2, 0.25) is 0 Å². The SMILES string of the molecule is CO/N=C1\CC=CC=C1CO/N=C(\C)c1cccc(C(F)(F)F)c1. The average molecular weight is 338 g/mol. The van der Waals surface area contributed by atoms with E-state index in [1.807, 2.05) is 18.2 Å². The molecule has 0 spiro atoms. The minimum absolute atomic E-state index is 0.156. The zero-order chi connectivity index (χ0) is 17.6. The molecule has 0 aliphatic heterocycles. The summed E-state index contributed by atoms with van der Waals surface area (Å²) in [5, 5.41) is 7.80. The van der Waals surface area contributed by atoms with E-state index in [1.165, 1.54) is 13.2 Å². The van der Waals surface area contributed by atoms with Crippen molar-refractivity contribution in [3.05, 3.63) is 59.2 Å². The van der Waals surface area contributed by atoms with Crippen LogP contribution in [0.4, 0.5) is 13.2 Å². The van der Waals surface area contributed by atoms with Crippen LogP contribution in [0.5, 0.6) is 0 Å². The van der Waals surface area contributed by atoms with E-state index in [0.717, 1.165) is 23.4 Å². The maximum atomic E-state index is 12.7. The molecule has 7 heteroatoms. The number of alkyl halides is 3. The summed E-state index contributed by atoms with van der Waals surface area (Å²) in [6, 6.07) is 4.96. The minimum atomic E-state index is -4.39. The second-order valence-electron chi connectivity index (χ2n) is 5.07. The Balaban J connectivity index is 2.06. The lowest BCUT2D eigenvalue weighted by Gasteiger charge is -2.11. The van der Waals surface area contributed by atoms with E-state index in [2.05, 4.69) is 10.3 Å². The highest BCUT2D eigenvalue weighted by molar-refractivity contribution is 6.02. The van der Waals surface area contributed by atoms with Gasteiger partial charge >= 0.3 is 6.18 Å². The van der Waals surface area contributed by atoms with Crippen molar-refractivity contribution >= 4 is 11.4 Å². The fourth-order valence-electron chi connectivity index (χ4n) is 2.10. The Hall–Kier alpha value is -2.57. The van der Waals surface area contributed by atoms with Gasteiger partial charge < -0.3 is 9.68 Å². The number of oxime groups is 2. The maximum absolute atomic E-state index is 12.7. The molecule has 0 bridgehead atoms. The van der Waals surface area contributed by atoms with Gasteiger partial charge in [-0.25, -0.2) is 0 Å². The molecule has 1 aromatic rings. The van der Waals surface area contributed by atoms with E-state index in [9.17, 15) is 13.2 Å². The van der Waals surface area contributed by atoms with Crippen LogP contribution in [0.15, 0.2) is 58.4 Å². The normalized spacial score (nSPS) is 17.0. The lowest BCUT2D eigenvalue weighted by atomic mass is 10.0. The molecule has 2 rings (SSSR count). The second-order valence-corrected chi connectivity index (χ2v) is 5.07. The van der Waals surface area contributed by atoms with Crippen molar-refractivity contribution in [1.29, 1.82) is 0 Å². The summed E-state index contributed by atoms with van der Waals surface area (Å²) in [5.74, 6) is 0. The van der Waals surface area contributed by atoms with Gasteiger partial charge in [-0.2, -0.15) is 13.2 Å². The first-order valence-electron chi connectivity index (χ1n) is 7.22. The van der Waals surface area contributed by atoms with Gasteiger partial charge in [0.1, 0.15) is 13.7 Å². The molecule has 0 aromatic heterocycles. The van der Waals surface area contributed by atoms with Crippen LogP contribution in [0.1, 0.15) is 24.5 Å². The van der Waals surface area contributed by atoms with Crippen LogP contribution in [0.3, 0.4) is 0 Å². The largest absolute Gasteiger partial charge is 0.416 e. The number of allylic oxidation sites excluding steroid dienone is 3. The lowest BCUT2D eigenvalue weighted by molar-refractivity contribution is -0.137. The molecule has 1 aromatic carbocycles. The molecule has 0 amide bonds. The van der Waals surface area contributed by atoms with Crippen LogP contribution >= 0.6 is 0 Å². The Morgan fingerprint density at radius 1 is 1.29 bits per heavy atom. The molecule has 4 nitrogen and oxygen atoms in total. The van der Waals surface area contributed by atoms with Crippen LogP contribution in [-0.2, 0) is 15.9 Å². The van der Waals surface area contributed by atoms with Gasteiger partial charge in [0.05, 0.1) is 17.0 Å². The Morgan fingerprint density at radius 2 is 2.08 bits per heavy atom. The lowest BCUT2D eigenvalue weighted by Crippen LogP contribution is -2.11. The quantitative estimate of drug-likeness (QED) is 0.592. The Labute approximate surface area is 137 Å². The maximum Gasteiger partial charge on any atom is 0.416 e. The molecule has 0 atom stereocenters. The molecule has 0 radical (unpaired) electrons. The Bertz CT molecular complexity index is 704. The summed E-state index contributed by atoms with van der Waals surface area (Å²) in [7, 11) is 1.46. The van der Waals surface area contributed by atoms with Crippen LogP contribution in [-0.4, -0.2) is 25.1 Å². The highest BCUT2D eigenvalue weighted by Gasteiger charge is 2.30. The monoisotopic (exact) mass is 338 g/mol. The van der Waals surface area contributed by atoms with Gasteiger partial charge in [-0.1, -0.05) is 40.7 Å². The standard InChI is InChI=1S/C17H17F3N2O2/c1-12(13-7-5-8-15(10-13)17(18,19)20)21-24-11-14-6-3-4-9-16(14)22-23-2/h3-8,10H,9,11H2,1-2H3/b21-12+,22-16+. The van der Waals surface area contributed by atoms with Crippen molar-refractivity contribution < 1.29 is 22.8 Å². The summed E-state index contributed by atoms with van der Waals surface area (Å²) in [6.07, 6.45) is 1.87. The van der Waals surface area contributed by atoms with Crippen LogP contribution in [0.25, 0.3) is 0 Å². The Kier molecular flexibility index (Phi) is 5.78. The smallest absolute Gasteiger partial charge is 0.399 e. The molecule has 0 heterocycles. The van der Waals surface area contributed by atoms with E-state index in [1.54, 1.807) is 13.0 Å². The van der Waals surface area contributed by atoms with Crippen molar-refractivity contribution in [2.45, 2.75) is 19.5 Å². The first-order chi connectivity index (χ1) is 11.4. The first kappa shape index (κ1) is 17.8. The van der Waals surface area contributed by atoms with E-state index in [-0.39, 0.29) is 6.61 Å². The second kappa shape index (κ2) is 7.81. The Morgan fingerprint density at radius 3 is 2.79 bits per heavy atom. The summed E-state index contributed by atoms with van der Waals surface area (Å²) < 4.78 is 38.2. The molecular weight excluding hydrogens is 321 g/mol. The van der Waals surface area contributed by atoms with Gasteiger partial charge in [0.25, 0.3) is 0 Å². The fraction of sp³-hybridized carbons (Fsp3) is 0.294. The van der Waals surface area contributed by atoms with Crippen molar-refractivity contribution in [1.82, 2.24) is 0 Å². The van der Waals surface area contributed by atoms with Gasteiger partial charge in [-0.3, -0.25) is 0 Å². The van der Waals surface area contributed by atoms with Gasteiger partial charge in [-0.15, -0.1) is 0 Å². The number of benzene rings is 1. The average Bonchev–Trinajstić information content (AvgIpc) is 2.56. The van der Waals surface area contributed by atoms with E-state index < -0.39 is 11.7 Å². The molecule has 24 heavy (non-hydrogen) atoms. The summed E-state index contributed by atoms with van der Waals surface area (Å²) >= 11 is 0. The first-order valence-corrected chi connectivity index (χ1v) is 7.22. The minimum Gasteiger partial charge on any atom is -0.399 e. The highest BCUT2D eigenvalue weighted by atomic mass is 19.4. The zero-order valence-corrected chi connectivity index (χ0v) is 13.3. The van der Waals surface area contributed by atoms with E-state index in [4.69, 9.17) is 9.68 Å². The van der Waals surface area contributed by atoms with E-state index in [0.29, 0.717) is 17.7 Å². The molecule has 0 unspecified atom stereocenters. The van der Waals surface area contributed by atoms with Crippen molar-refractivity contribution in [3.8, 4) is 0 Å². The van der Waals surface area contributed by atoms with Crippen LogP contribution < -0.4 is 0 Å². The third-order valence-corrected chi connectivity index (χ3v) is 3.35. The molecular formula is C17H17F3N2O2. The molecule has 1 aliphatic carbocycles. The molecule has 1 aliphatic rings. The summed E-state index contributed by atoms with van der Waals surface area (Å²) in [4.78, 5) is 10.0. The number of rotatable bonds is 5. The van der Waals surface area contributed by atoms with Crippen LogP contribution in [0, 0.1) is 0 Å². The fourth-order valence-corrected chi connectivity index (χ4v) is 2.10. The molecule has 128 valence electrons. The topological polar surface area (TPSA) is 43.2 Å². The van der Waals surface area contributed by atoms with Crippen molar-refractivity contribution in [3.63, 3.8) is 0 Å². The van der Waals surface area contributed by atoms with Crippen molar-refractivity contribution in [2.24, 2.45) is 10.3 Å². The zero-order valence-electron chi connectivity index (χ0n) is 13.3. The number of hydrogen-bond acceptors (Lipinski definition) is 4. The van der Waals surface area contributed by atoms with Crippen molar-refractivity contribution in [2.75, 3.05) is 13.7 Å². The molecule has 0 saturated heterocycles. The third-order valence-electron chi connectivity index (χ3n) is 3.35. The van der Waals surface area contributed by atoms with E-state index >= 15 is 0 Å². The predicted octanol–water partition coefficient (Wildman–Crippen LogP) is 4.33. The summed E-state index contributed by atoms with van der Waals surface area (Å²) in [5.41, 5.74) is 1.53. The number of hydrogen-bond donors (Lipinski definition) is 0. The molecule has 0 saturated carbocycles. The van der Waals surface area contributed by atoms with Gasteiger partial charge in [0.15, 0.2) is 0 Å². The molecule has 0 N–H and O–H groups in total. The third kappa shape index (κ3) is 4.71. The number of halogens is 3. The summed E-state index contributed by atoms with van der Waals surface area (Å²) in [6.45, 7) is 1.75.